The number of benzene rings is 3. The first-order chi connectivity index (χ1) is 15.0. The molecule has 2 atom stereocenters. The molecule has 1 aliphatic rings. The third-order valence-corrected chi connectivity index (χ3v) is 6.76. The SMILES string of the molecule is Cc1ccc(N2CCC(C(=O)Nc3cccc(CS(=O)c4ccccc4)c3)C2=O)cc1. The normalized spacial score (nSPS) is 16.9. The van der Waals surface area contributed by atoms with Crippen molar-refractivity contribution in [2.75, 3.05) is 16.8 Å². The van der Waals surface area contributed by atoms with Gasteiger partial charge in [-0.05, 0) is 55.3 Å². The van der Waals surface area contributed by atoms with Gasteiger partial charge >= 0.3 is 0 Å². The van der Waals surface area contributed by atoms with Crippen LogP contribution in [0.2, 0.25) is 0 Å². The van der Waals surface area contributed by atoms with Gasteiger partial charge in [0.15, 0.2) is 0 Å². The van der Waals surface area contributed by atoms with Crippen molar-refractivity contribution in [1.82, 2.24) is 0 Å². The third-order valence-electron chi connectivity index (χ3n) is 5.37. The molecule has 1 fully saturated rings. The second-order valence-electron chi connectivity index (χ2n) is 7.66. The van der Waals surface area contributed by atoms with Crippen molar-refractivity contribution in [2.45, 2.75) is 24.0 Å². The van der Waals surface area contributed by atoms with E-state index in [1.165, 1.54) is 0 Å². The van der Waals surface area contributed by atoms with Crippen LogP contribution >= 0.6 is 0 Å². The molecule has 2 amide bonds. The monoisotopic (exact) mass is 432 g/mol. The lowest BCUT2D eigenvalue weighted by Gasteiger charge is -2.17. The molecule has 158 valence electrons. The fourth-order valence-electron chi connectivity index (χ4n) is 3.68. The van der Waals surface area contributed by atoms with E-state index in [0.717, 1.165) is 21.7 Å². The van der Waals surface area contributed by atoms with Crippen LogP contribution < -0.4 is 10.2 Å². The molecular weight excluding hydrogens is 408 g/mol. The summed E-state index contributed by atoms with van der Waals surface area (Å²) in [6, 6.07) is 24.3. The molecular formula is C25H24N2O3S. The Kier molecular flexibility index (Phi) is 6.28. The summed E-state index contributed by atoms with van der Waals surface area (Å²) in [5, 5.41) is 2.86. The molecule has 0 saturated carbocycles. The van der Waals surface area contributed by atoms with Crippen molar-refractivity contribution >= 4 is 34.0 Å². The van der Waals surface area contributed by atoms with Crippen molar-refractivity contribution in [1.29, 1.82) is 0 Å². The van der Waals surface area contributed by atoms with Crippen LogP contribution in [0.15, 0.2) is 83.8 Å². The Hall–Kier alpha value is -3.25. The Morgan fingerprint density at radius 1 is 1.03 bits per heavy atom. The number of hydrogen-bond donors (Lipinski definition) is 1. The number of nitrogens with zero attached hydrogens (tertiary/aromatic N) is 1. The van der Waals surface area contributed by atoms with Crippen LogP contribution in [0.4, 0.5) is 11.4 Å². The number of carbonyl (C=O) groups excluding carboxylic acids is 2. The number of anilines is 2. The van der Waals surface area contributed by atoms with Gasteiger partial charge in [-0.3, -0.25) is 13.8 Å². The number of rotatable bonds is 6. The first-order valence-electron chi connectivity index (χ1n) is 10.2. The zero-order valence-electron chi connectivity index (χ0n) is 17.3. The molecule has 4 rings (SSSR count). The van der Waals surface area contributed by atoms with E-state index in [-0.39, 0.29) is 11.8 Å². The Balaban J connectivity index is 1.41. The van der Waals surface area contributed by atoms with E-state index in [4.69, 9.17) is 0 Å². The second-order valence-corrected chi connectivity index (χ2v) is 9.11. The number of hydrogen-bond acceptors (Lipinski definition) is 3. The second kappa shape index (κ2) is 9.27. The summed E-state index contributed by atoms with van der Waals surface area (Å²) < 4.78 is 12.6. The zero-order valence-corrected chi connectivity index (χ0v) is 18.1. The maximum absolute atomic E-state index is 12.8. The molecule has 6 heteroatoms. The molecule has 0 bridgehead atoms. The summed E-state index contributed by atoms with van der Waals surface area (Å²) in [5.74, 6) is -0.830. The standard InChI is InChI=1S/C25H24N2O3S/c1-18-10-12-21(13-11-18)27-15-14-23(25(27)29)24(28)26-20-7-5-6-19(16-20)17-31(30)22-8-3-2-4-9-22/h2-13,16,23H,14-15,17H2,1H3,(H,26,28). The van der Waals surface area contributed by atoms with Crippen molar-refractivity contribution in [3.8, 4) is 0 Å². The van der Waals surface area contributed by atoms with Crippen LogP contribution in [-0.2, 0) is 26.1 Å². The summed E-state index contributed by atoms with van der Waals surface area (Å²) in [6.45, 7) is 2.52. The van der Waals surface area contributed by atoms with Crippen LogP contribution in [0.1, 0.15) is 17.5 Å². The van der Waals surface area contributed by atoms with Crippen LogP contribution in [0.3, 0.4) is 0 Å². The molecule has 0 aromatic heterocycles. The maximum Gasteiger partial charge on any atom is 0.239 e. The van der Waals surface area contributed by atoms with E-state index in [0.29, 0.717) is 24.4 Å². The quantitative estimate of drug-likeness (QED) is 0.591. The van der Waals surface area contributed by atoms with Gasteiger partial charge in [-0.1, -0.05) is 48.0 Å². The molecule has 0 spiro atoms. The molecule has 1 heterocycles. The molecule has 0 aliphatic carbocycles. The Labute approximate surface area is 184 Å². The summed E-state index contributed by atoms with van der Waals surface area (Å²) in [5.41, 5.74) is 3.40. The highest BCUT2D eigenvalue weighted by Gasteiger charge is 2.37. The van der Waals surface area contributed by atoms with Gasteiger partial charge in [0.25, 0.3) is 0 Å². The highest BCUT2D eigenvalue weighted by Crippen LogP contribution is 2.27. The lowest BCUT2D eigenvalue weighted by Crippen LogP contribution is -2.33. The van der Waals surface area contributed by atoms with Gasteiger partial charge in [0.2, 0.25) is 11.8 Å². The largest absolute Gasteiger partial charge is 0.325 e. The molecule has 0 radical (unpaired) electrons. The predicted octanol–water partition coefficient (Wildman–Crippen LogP) is 4.29. The van der Waals surface area contributed by atoms with Crippen LogP contribution in [0.5, 0.6) is 0 Å². The fraction of sp³-hybridized carbons (Fsp3) is 0.200. The minimum Gasteiger partial charge on any atom is -0.325 e. The van der Waals surface area contributed by atoms with Crippen LogP contribution in [-0.4, -0.2) is 22.6 Å². The highest BCUT2D eigenvalue weighted by molar-refractivity contribution is 7.84. The molecule has 1 aliphatic heterocycles. The Morgan fingerprint density at radius 2 is 1.77 bits per heavy atom. The first-order valence-corrected chi connectivity index (χ1v) is 11.5. The molecule has 1 N–H and O–H groups in total. The molecule has 5 nitrogen and oxygen atoms in total. The molecule has 1 saturated heterocycles. The molecule has 31 heavy (non-hydrogen) atoms. The van der Waals surface area contributed by atoms with Gasteiger partial charge in [0.1, 0.15) is 5.92 Å². The number of carbonyl (C=O) groups is 2. The van der Waals surface area contributed by atoms with Crippen molar-refractivity contribution in [3.05, 3.63) is 90.0 Å². The summed E-state index contributed by atoms with van der Waals surface area (Å²) in [7, 11) is -1.16. The topological polar surface area (TPSA) is 66.5 Å². The highest BCUT2D eigenvalue weighted by atomic mass is 32.2. The Bertz CT molecular complexity index is 1110. The smallest absolute Gasteiger partial charge is 0.239 e. The van der Waals surface area contributed by atoms with Gasteiger partial charge < -0.3 is 10.2 Å². The average Bonchev–Trinajstić information content (AvgIpc) is 3.16. The minimum atomic E-state index is -1.16. The molecule has 3 aromatic rings. The summed E-state index contributed by atoms with van der Waals surface area (Å²) >= 11 is 0. The van der Waals surface area contributed by atoms with Crippen molar-refractivity contribution in [3.63, 3.8) is 0 Å². The van der Waals surface area contributed by atoms with Gasteiger partial charge in [0, 0.05) is 22.8 Å². The number of amides is 2. The van der Waals surface area contributed by atoms with E-state index < -0.39 is 16.7 Å². The van der Waals surface area contributed by atoms with Gasteiger partial charge in [0.05, 0.1) is 16.6 Å². The fourth-order valence-corrected chi connectivity index (χ4v) is 4.79. The Morgan fingerprint density at radius 3 is 2.52 bits per heavy atom. The van der Waals surface area contributed by atoms with E-state index in [2.05, 4.69) is 5.32 Å². The lowest BCUT2D eigenvalue weighted by molar-refractivity contribution is -0.129. The third kappa shape index (κ3) is 4.91. The van der Waals surface area contributed by atoms with E-state index in [1.54, 1.807) is 11.0 Å². The number of aryl methyl sites for hydroxylation is 1. The van der Waals surface area contributed by atoms with Gasteiger partial charge in [-0.2, -0.15) is 0 Å². The summed E-state index contributed by atoms with van der Waals surface area (Å²) in [4.78, 5) is 28.0. The van der Waals surface area contributed by atoms with Crippen molar-refractivity contribution in [2.24, 2.45) is 5.92 Å². The maximum atomic E-state index is 12.8. The van der Waals surface area contributed by atoms with E-state index in [9.17, 15) is 13.8 Å². The van der Waals surface area contributed by atoms with E-state index in [1.807, 2.05) is 79.7 Å². The molecule has 2 unspecified atom stereocenters. The molecule has 3 aromatic carbocycles. The van der Waals surface area contributed by atoms with E-state index >= 15 is 0 Å². The van der Waals surface area contributed by atoms with Crippen LogP contribution in [0, 0.1) is 12.8 Å². The number of nitrogens with one attached hydrogen (secondary N) is 1. The minimum absolute atomic E-state index is 0.178. The van der Waals surface area contributed by atoms with Gasteiger partial charge in [-0.25, -0.2) is 0 Å². The first kappa shape index (κ1) is 21.0. The van der Waals surface area contributed by atoms with Gasteiger partial charge in [-0.15, -0.1) is 0 Å². The zero-order chi connectivity index (χ0) is 21.8. The summed E-state index contributed by atoms with van der Waals surface area (Å²) in [6.07, 6.45) is 0.482. The predicted molar refractivity (Wildman–Crippen MR) is 123 cm³/mol. The van der Waals surface area contributed by atoms with Crippen LogP contribution in [0.25, 0.3) is 0 Å². The average molecular weight is 433 g/mol. The van der Waals surface area contributed by atoms with Crippen molar-refractivity contribution < 1.29 is 13.8 Å². The lowest BCUT2D eigenvalue weighted by atomic mass is 10.1.